The standard InChI is InChI=1S/C3H7O.3ClO.Ti/c1-3(2)4;3*1-2;/h3H,1-2H3;;;;/q4*-1;+4. The van der Waals surface area contributed by atoms with E-state index in [1.54, 1.807) is 13.8 Å². The van der Waals surface area contributed by atoms with Crippen molar-refractivity contribution in [2.75, 3.05) is 0 Å². The van der Waals surface area contributed by atoms with Gasteiger partial charge in [0.2, 0.25) is 0 Å². The first-order valence-corrected chi connectivity index (χ1v) is 6.15. The van der Waals surface area contributed by atoms with Crippen LogP contribution in [0.5, 0.6) is 0 Å². The van der Waals surface area contributed by atoms with Gasteiger partial charge in [-0.15, -0.1) is 0 Å². The van der Waals surface area contributed by atoms with Gasteiger partial charge in [-0.1, -0.05) is 0 Å². The summed E-state index contributed by atoms with van der Waals surface area (Å²) < 4.78 is 17.8. The van der Waals surface area contributed by atoms with Gasteiger partial charge >= 0.3 is 85.6 Å². The van der Waals surface area contributed by atoms with Gasteiger partial charge in [0.1, 0.15) is 0 Å². The van der Waals surface area contributed by atoms with E-state index in [4.69, 9.17) is 38.9 Å². The first-order valence-electron chi connectivity index (χ1n) is 2.67. The SMILES string of the molecule is CC(C)[O][Ti]([O]Cl)([O]Cl)[O]Cl. The van der Waals surface area contributed by atoms with E-state index in [-0.39, 0.29) is 6.10 Å². The summed E-state index contributed by atoms with van der Waals surface area (Å²) in [5.74, 6) is 0. The van der Waals surface area contributed by atoms with Gasteiger partial charge in [-0.05, 0) is 0 Å². The third-order valence-electron chi connectivity index (χ3n) is 0.664. The molecule has 0 atom stereocenters. The van der Waals surface area contributed by atoms with Crippen LogP contribution in [0.2, 0.25) is 0 Å². The molecule has 0 N–H and O–H groups in total. The maximum absolute atomic E-state index is 5.01. The molecule has 68 valence electrons. The Morgan fingerprint density at radius 1 is 1.00 bits per heavy atom. The third kappa shape index (κ3) is 4.26. The molecule has 0 fully saturated rings. The molecule has 0 saturated carbocycles. The Hall–Kier alpha value is 1.42. The van der Waals surface area contributed by atoms with Gasteiger partial charge < -0.3 is 0 Å². The minimum atomic E-state index is -3.98. The van der Waals surface area contributed by atoms with Crippen molar-refractivity contribution in [2.45, 2.75) is 20.0 Å². The van der Waals surface area contributed by atoms with Gasteiger partial charge in [0.05, 0.1) is 0 Å². The van der Waals surface area contributed by atoms with Gasteiger partial charge in [0.25, 0.3) is 0 Å². The molecule has 0 bridgehead atoms. The van der Waals surface area contributed by atoms with E-state index in [1.807, 2.05) is 0 Å². The molecular weight excluding hydrogens is 254 g/mol. The average molecular weight is 261 g/mol. The van der Waals surface area contributed by atoms with E-state index >= 15 is 0 Å². The van der Waals surface area contributed by atoms with Crippen LogP contribution in [0.4, 0.5) is 0 Å². The molecule has 0 radical (unpaired) electrons. The van der Waals surface area contributed by atoms with E-state index < -0.39 is 18.1 Å². The van der Waals surface area contributed by atoms with Gasteiger partial charge in [0, 0.05) is 0 Å². The van der Waals surface area contributed by atoms with Crippen molar-refractivity contribution in [3.8, 4) is 0 Å². The summed E-state index contributed by atoms with van der Waals surface area (Å²) in [6.45, 7) is 3.48. The van der Waals surface area contributed by atoms with Gasteiger partial charge in [0.15, 0.2) is 0 Å². The van der Waals surface area contributed by atoms with Crippen LogP contribution in [0, 0.1) is 0 Å². The molecule has 0 aliphatic heterocycles. The molecule has 0 spiro atoms. The first-order chi connectivity index (χ1) is 5.10. The Balaban J connectivity index is 4.05. The molecule has 0 unspecified atom stereocenters. The molecule has 0 aliphatic rings. The Kier molecular flexibility index (Phi) is 6.74. The van der Waals surface area contributed by atoms with Crippen molar-refractivity contribution in [3.63, 3.8) is 0 Å². The number of halogens is 3. The van der Waals surface area contributed by atoms with Crippen molar-refractivity contribution < 1.29 is 30.1 Å². The fourth-order valence-electron chi connectivity index (χ4n) is 0.379. The summed E-state index contributed by atoms with van der Waals surface area (Å²) in [4.78, 5) is 0. The molecule has 0 aromatic rings. The Morgan fingerprint density at radius 3 is 1.45 bits per heavy atom. The molecule has 4 nitrogen and oxygen atoms in total. The second kappa shape index (κ2) is 5.97. The van der Waals surface area contributed by atoms with E-state index in [0.29, 0.717) is 0 Å². The van der Waals surface area contributed by atoms with Gasteiger partial charge in [-0.3, -0.25) is 0 Å². The molecule has 0 heterocycles. The second-order valence-electron chi connectivity index (χ2n) is 1.90. The topological polar surface area (TPSA) is 36.9 Å². The van der Waals surface area contributed by atoms with Crippen molar-refractivity contribution >= 4 is 35.6 Å². The predicted octanol–water partition coefficient (Wildman–Crippen LogP) is 2.74. The Labute approximate surface area is 85.4 Å². The zero-order valence-electron chi connectivity index (χ0n) is 5.84. The Morgan fingerprint density at radius 2 is 1.36 bits per heavy atom. The van der Waals surface area contributed by atoms with Crippen LogP contribution < -0.4 is 0 Å². The number of hydrogen-bond acceptors (Lipinski definition) is 4. The van der Waals surface area contributed by atoms with Crippen LogP contribution in [0.25, 0.3) is 0 Å². The molecule has 11 heavy (non-hydrogen) atoms. The zero-order chi connectivity index (χ0) is 8.91. The molecular formula is C3H7Cl3O4Ti. The second-order valence-corrected chi connectivity index (χ2v) is 6.46. The summed E-state index contributed by atoms with van der Waals surface area (Å²) in [7, 11) is 0. The normalized spacial score (nSPS) is 12.5. The molecule has 0 aromatic carbocycles. The third-order valence-corrected chi connectivity index (χ3v) is 5.07. The van der Waals surface area contributed by atoms with Crippen LogP contribution in [0.15, 0.2) is 0 Å². The van der Waals surface area contributed by atoms with E-state index in [0.717, 1.165) is 0 Å². The van der Waals surface area contributed by atoms with Crippen molar-refractivity contribution in [1.82, 2.24) is 0 Å². The predicted molar refractivity (Wildman–Crippen MR) is 37.0 cm³/mol. The summed E-state index contributed by atoms with van der Waals surface area (Å²) >= 11 is 11.0. The number of hydrogen-bond donors (Lipinski definition) is 0. The fourth-order valence-corrected chi connectivity index (χ4v) is 3.19. The summed E-state index contributed by atoms with van der Waals surface area (Å²) in [6, 6.07) is 0. The molecule has 0 rings (SSSR count). The molecule has 8 heteroatoms. The van der Waals surface area contributed by atoms with Crippen LogP contribution in [-0.4, -0.2) is 6.10 Å². The maximum atomic E-state index is 5.01. The van der Waals surface area contributed by atoms with Crippen LogP contribution in [0.3, 0.4) is 0 Å². The quantitative estimate of drug-likeness (QED) is 0.713. The number of rotatable bonds is 5. The van der Waals surface area contributed by atoms with Crippen LogP contribution in [-0.2, 0) is 30.1 Å². The van der Waals surface area contributed by atoms with E-state index in [1.165, 1.54) is 0 Å². The van der Waals surface area contributed by atoms with Crippen molar-refractivity contribution in [3.05, 3.63) is 0 Å². The molecule has 0 amide bonds. The van der Waals surface area contributed by atoms with Crippen LogP contribution in [0.1, 0.15) is 13.8 Å². The van der Waals surface area contributed by atoms with Gasteiger partial charge in [-0.2, -0.15) is 0 Å². The van der Waals surface area contributed by atoms with Gasteiger partial charge in [-0.25, -0.2) is 0 Å². The fraction of sp³-hybridized carbons (Fsp3) is 1.00. The van der Waals surface area contributed by atoms with E-state index in [9.17, 15) is 0 Å². The summed E-state index contributed by atoms with van der Waals surface area (Å²) in [6.07, 6.45) is -0.189. The Bertz CT molecular complexity index is 100. The minimum absolute atomic E-state index is 0.189. The summed E-state index contributed by atoms with van der Waals surface area (Å²) in [5, 5.41) is 0. The summed E-state index contributed by atoms with van der Waals surface area (Å²) in [5.41, 5.74) is 0. The zero-order valence-corrected chi connectivity index (χ0v) is 9.67. The average Bonchev–Trinajstić information content (AvgIpc) is 2.00. The monoisotopic (exact) mass is 260 g/mol. The first kappa shape index (κ1) is 12.4. The van der Waals surface area contributed by atoms with Crippen molar-refractivity contribution in [1.29, 1.82) is 0 Å². The molecule has 0 saturated heterocycles. The van der Waals surface area contributed by atoms with Crippen LogP contribution >= 0.6 is 35.6 Å². The molecule has 0 aliphatic carbocycles. The molecule has 0 aromatic heterocycles. The van der Waals surface area contributed by atoms with E-state index in [2.05, 4.69) is 8.61 Å². The van der Waals surface area contributed by atoms with Crippen molar-refractivity contribution in [2.24, 2.45) is 0 Å².